The summed E-state index contributed by atoms with van der Waals surface area (Å²) in [4.78, 5) is 8.87. The van der Waals surface area contributed by atoms with Gasteiger partial charge in [0.25, 0.3) is 0 Å². The van der Waals surface area contributed by atoms with Crippen molar-refractivity contribution in [2.24, 2.45) is 5.84 Å². The van der Waals surface area contributed by atoms with Crippen LogP contribution in [0.4, 0.5) is 5.82 Å². The highest BCUT2D eigenvalue weighted by Gasteiger charge is 2.20. The first-order valence-corrected chi connectivity index (χ1v) is 6.91. The molecule has 0 spiro atoms. The molecule has 0 saturated carbocycles. The number of hydrogen-bond acceptors (Lipinski definition) is 5. The van der Waals surface area contributed by atoms with Crippen LogP contribution in [0.1, 0.15) is 37.7 Å². The van der Waals surface area contributed by atoms with Crippen molar-refractivity contribution in [2.45, 2.75) is 40.0 Å². The summed E-state index contributed by atoms with van der Waals surface area (Å²) < 4.78 is 5.92. The van der Waals surface area contributed by atoms with Gasteiger partial charge in [0.05, 0.1) is 0 Å². The number of anilines is 1. The molecular formula is C16H22N4O. The van der Waals surface area contributed by atoms with Gasteiger partial charge >= 0.3 is 0 Å². The molecule has 0 saturated heterocycles. The highest BCUT2D eigenvalue weighted by Crippen LogP contribution is 2.28. The number of nitrogens with two attached hydrogens (primary N) is 1. The number of nitrogen functional groups attached to an aromatic ring is 1. The number of nitrogens with zero attached hydrogens (tertiary/aromatic N) is 2. The number of benzene rings is 1. The Hall–Kier alpha value is -2.14. The maximum absolute atomic E-state index is 5.92. The minimum atomic E-state index is -0.188. The van der Waals surface area contributed by atoms with E-state index in [9.17, 15) is 0 Å². The Morgan fingerprint density at radius 1 is 1.14 bits per heavy atom. The van der Waals surface area contributed by atoms with Gasteiger partial charge in [-0.1, -0.05) is 32.9 Å². The van der Waals surface area contributed by atoms with Crippen LogP contribution in [-0.2, 0) is 5.41 Å². The molecule has 1 heterocycles. The summed E-state index contributed by atoms with van der Waals surface area (Å²) >= 11 is 0. The van der Waals surface area contributed by atoms with Crippen molar-refractivity contribution in [3.63, 3.8) is 0 Å². The van der Waals surface area contributed by atoms with Crippen molar-refractivity contribution in [1.29, 1.82) is 0 Å². The zero-order valence-electron chi connectivity index (χ0n) is 13.2. The second-order valence-electron chi connectivity index (χ2n) is 6.11. The predicted molar refractivity (Wildman–Crippen MR) is 84.5 cm³/mol. The molecule has 0 amide bonds. The summed E-state index contributed by atoms with van der Waals surface area (Å²) in [6, 6.07) is 7.63. The lowest BCUT2D eigenvalue weighted by molar-refractivity contribution is 0.443. The minimum absolute atomic E-state index is 0.188. The molecule has 1 aromatic heterocycles. The van der Waals surface area contributed by atoms with E-state index in [0.29, 0.717) is 17.5 Å². The van der Waals surface area contributed by atoms with Crippen molar-refractivity contribution in [2.75, 3.05) is 5.43 Å². The van der Waals surface area contributed by atoms with Gasteiger partial charge in [-0.2, -0.15) is 4.98 Å². The maximum Gasteiger partial charge on any atom is 0.224 e. The molecule has 0 unspecified atom stereocenters. The smallest absolute Gasteiger partial charge is 0.224 e. The lowest BCUT2D eigenvalue weighted by Crippen LogP contribution is -2.19. The van der Waals surface area contributed by atoms with Crippen LogP contribution < -0.4 is 16.0 Å². The lowest BCUT2D eigenvalue weighted by Gasteiger charge is -2.18. The summed E-state index contributed by atoms with van der Waals surface area (Å²) in [5.41, 5.74) is 4.64. The second kappa shape index (κ2) is 5.69. The van der Waals surface area contributed by atoms with Gasteiger partial charge in [0, 0.05) is 11.5 Å². The van der Waals surface area contributed by atoms with E-state index in [1.54, 1.807) is 6.07 Å². The van der Waals surface area contributed by atoms with Crippen LogP contribution in [0.25, 0.3) is 0 Å². The van der Waals surface area contributed by atoms with Crippen molar-refractivity contribution in [3.05, 3.63) is 41.2 Å². The number of nitrogens with one attached hydrogen (secondary N) is 1. The first kappa shape index (κ1) is 15.3. The van der Waals surface area contributed by atoms with Crippen LogP contribution in [0.3, 0.4) is 0 Å². The Balaban J connectivity index is 2.42. The van der Waals surface area contributed by atoms with Gasteiger partial charge in [0.2, 0.25) is 5.88 Å². The van der Waals surface area contributed by atoms with Gasteiger partial charge in [-0.3, -0.25) is 0 Å². The molecule has 0 fully saturated rings. The quantitative estimate of drug-likeness (QED) is 0.667. The highest BCUT2D eigenvalue weighted by molar-refractivity contribution is 5.43. The Morgan fingerprint density at radius 2 is 1.86 bits per heavy atom. The number of hydrogen-bond donors (Lipinski definition) is 2. The van der Waals surface area contributed by atoms with Crippen molar-refractivity contribution >= 4 is 5.82 Å². The van der Waals surface area contributed by atoms with Crippen LogP contribution in [0, 0.1) is 13.8 Å². The molecule has 1 aromatic carbocycles. The normalized spacial score (nSPS) is 11.3. The molecule has 0 aliphatic rings. The summed E-state index contributed by atoms with van der Waals surface area (Å²) in [6.07, 6.45) is 0. The van der Waals surface area contributed by atoms with Crippen LogP contribution in [-0.4, -0.2) is 9.97 Å². The monoisotopic (exact) mass is 286 g/mol. The largest absolute Gasteiger partial charge is 0.439 e. The van der Waals surface area contributed by atoms with Gasteiger partial charge in [0.1, 0.15) is 17.4 Å². The average molecular weight is 286 g/mol. The van der Waals surface area contributed by atoms with E-state index in [2.05, 4.69) is 28.4 Å². The van der Waals surface area contributed by atoms with Gasteiger partial charge in [-0.25, -0.2) is 10.8 Å². The van der Waals surface area contributed by atoms with E-state index < -0.39 is 0 Å². The molecular weight excluding hydrogens is 264 g/mol. The molecule has 2 rings (SSSR count). The molecule has 112 valence electrons. The summed E-state index contributed by atoms with van der Waals surface area (Å²) in [7, 11) is 0. The molecule has 5 nitrogen and oxygen atoms in total. The first-order valence-electron chi connectivity index (χ1n) is 6.91. The number of hydrazine groups is 1. The molecule has 2 aromatic rings. The molecule has 5 heteroatoms. The van der Waals surface area contributed by atoms with Crippen LogP contribution >= 0.6 is 0 Å². The van der Waals surface area contributed by atoms with Crippen LogP contribution in [0.15, 0.2) is 24.3 Å². The van der Waals surface area contributed by atoms with E-state index in [1.807, 2.05) is 39.8 Å². The maximum atomic E-state index is 5.92. The van der Waals surface area contributed by atoms with E-state index in [1.165, 1.54) is 5.56 Å². The summed E-state index contributed by atoms with van der Waals surface area (Å²) in [6.45, 7) is 10.2. The van der Waals surface area contributed by atoms with Crippen molar-refractivity contribution in [1.82, 2.24) is 9.97 Å². The zero-order chi connectivity index (χ0) is 15.6. The SMILES string of the molecule is Cc1cccc(Oc2cc(NN)nc(C(C)(C)C)n2)c1C. The van der Waals surface area contributed by atoms with E-state index >= 15 is 0 Å². The fraction of sp³-hybridized carbons (Fsp3) is 0.375. The molecule has 3 N–H and O–H groups in total. The third-order valence-electron chi connectivity index (χ3n) is 3.29. The van der Waals surface area contributed by atoms with Gasteiger partial charge in [-0.15, -0.1) is 0 Å². The third-order valence-corrected chi connectivity index (χ3v) is 3.29. The summed E-state index contributed by atoms with van der Waals surface area (Å²) in [5, 5.41) is 0. The Bertz CT molecular complexity index is 647. The lowest BCUT2D eigenvalue weighted by atomic mass is 9.96. The number of ether oxygens (including phenoxy) is 1. The second-order valence-corrected chi connectivity index (χ2v) is 6.11. The van der Waals surface area contributed by atoms with Gasteiger partial charge in [-0.05, 0) is 31.0 Å². The topological polar surface area (TPSA) is 73.1 Å². The number of aromatic nitrogens is 2. The molecule has 21 heavy (non-hydrogen) atoms. The van der Waals surface area contributed by atoms with Gasteiger partial charge in [0.15, 0.2) is 0 Å². The fourth-order valence-electron chi connectivity index (χ4n) is 1.83. The number of aryl methyl sites for hydroxylation is 1. The van der Waals surface area contributed by atoms with E-state index in [4.69, 9.17) is 10.6 Å². The standard InChI is InChI=1S/C16H22N4O/c1-10-7-6-8-12(11(10)2)21-14-9-13(20-17)18-15(19-14)16(3,4)5/h6-9H,17H2,1-5H3,(H,18,19,20). The molecule has 0 bridgehead atoms. The van der Waals surface area contributed by atoms with Gasteiger partial charge < -0.3 is 10.2 Å². The van der Waals surface area contributed by atoms with Crippen LogP contribution in [0.2, 0.25) is 0 Å². The zero-order valence-corrected chi connectivity index (χ0v) is 13.2. The minimum Gasteiger partial charge on any atom is -0.439 e. The Morgan fingerprint density at radius 3 is 2.48 bits per heavy atom. The van der Waals surface area contributed by atoms with Crippen molar-refractivity contribution in [3.8, 4) is 11.6 Å². The van der Waals surface area contributed by atoms with E-state index in [0.717, 1.165) is 11.3 Å². The third kappa shape index (κ3) is 3.49. The Labute approximate surface area is 125 Å². The first-order chi connectivity index (χ1) is 9.81. The van der Waals surface area contributed by atoms with Crippen molar-refractivity contribution < 1.29 is 4.74 Å². The highest BCUT2D eigenvalue weighted by atomic mass is 16.5. The fourth-order valence-corrected chi connectivity index (χ4v) is 1.83. The molecule has 0 aliphatic carbocycles. The number of rotatable bonds is 3. The predicted octanol–water partition coefficient (Wildman–Crippen LogP) is 3.47. The van der Waals surface area contributed by atoms with E-state index in [-0.39, 0.29) is 5.41 Å². The Kier molecular flexibility index (Phi) is 4.14. The average Bonchev–Trinajstić information content (AvgIpc) is 2.42. The molecule has 0 aliphatic heterocycles. The summed E-state index contributed by atoms with van der Waals surface area (Å²) in [5.74, 6) is 7.97. The van der Waals surface area contributed by atoms with Crippen LogP contribution in [0.5, 0.6) is 11.6 Å². The molecule has 0 radical (unpaired) electrons. The molecule has 0 atom stereocenters.